The first-order valence-electron chi connectivity index (χ1n) is 6.80. The van der Waals surface area contributed by atoms with Crippen LogP contribution in [-0.2, 0) is 4.74 Å². The number of ether oxygens (including phenoxy) is 3. The number of aliphatic hydroxyl groups is 1. The highest BCUT2D eigenvalue weighted by Crippen LogP contribution is 2.50. The monoisotopic (exact) mass is 275 g/mol. The summed E-state index contributed by atoms with van der Waals surface area (Å²) in [5.41, 5.74) is 1.49. The minimum absolute atomic E-state index is 0.00838. The number of nitrogens with one attached hydrogen (secondary N) is 1. The van der Waals surface area contributed by atoms with E-state index in [-0.39, 0.29) is 36.9 Å². The number of fused-ring (bicyclic) bond motifs is 6. The molecular weight excluding hydrogens is 262 g/mol. The average Bonchev–Trinajstić information content (AvgIpc) is 3.04. The fraction of sp³-hybridized carbons (Fsp3) is 0.500. The van der Waals surface area contributed by atoms with Crippen molar-refractivity contribution in [1.29, 1.82) is 0 Å². The van der Waals surface area contributed by atoms with Crippen molar-refractivity contribution in [2.45, 2.75) is 36.7 Å². The lowest BCUT2D eigenvalue weighted by atomic mass is 9.74. The van der Waals surface area contributed by atoms with Gasteiger partial charge in [0.1, 0.15) is 0 Å². The zero-order valence-corrected chi connectivity index (χ0v) is 10.5. The molecule has 1 saturated heterocycles. The van der Waals surface area contributed by atoms with E-state index >= 15 is 0 Å². The predicted molar refractivity (Wildman–Crippen MR) is 65.8 cm³/mol. The Balaban J connectivity index is 1.68. The molecular formula is C14H13NO5. The molecule has 2 N–H and O–H groups in total. The molecule has 20 heavy (non-hydrogen) atoms. The number of benzene rings is 1. The van der Waals surface area contributed by atoms with Gasteiger partial charge in [-0.1, -0.05) is 0 Å². The van der Waals surface area contributed by atoms with E-state index in [4.69, 9.17) is 14.2 Å². The van der Waals surface area contributed by atoms with Crippen LogP contribution in [0, 0.1) is 0 Å². The summed E-state index contributed by atoms with van der Waals surface area (Å²) in [5.74, 6) is 1.08. The van der Waals surface area contributed by atoms with Crippen LogP contribution in [0.5, 0.6) is 11.5 Å². The number of hydrogen-bond acceptors (Lipinski definition) is 5. The minimum atomic E-state index is -0.564. The molecule has 0 radical (unpaired) electrons. The van der Waals surface area contributed by atoms with E-state index < -0.39 is 6.10 Å². The van der Waals surface area contributed by atoms with E-state index in [9.17, 15) is 9.90 Å². The van der Waals surface area contributed by atoms with Gasteiger partial charge in [-0.2, -0.15) is 0 Å². The van der Waals surface area contributed by atoms with E-state index in [1.807, 2.05) is 6.07 Å². The van der Waals surface area contributed by atoms with Gasteiger partial charge < -0.3 is 24.6 Å². The molecule has 0 bridgehead atoms. The highest BCUT2D eigenvalue weighted by molar-refractivity contribution is 5.98. The zero-order chi connectivity index (χ0) is 13.4. The second-order valence-electron chi connectivity index (χ2n) is 5.76. The fourth-order valence-corrected chi connectivity index (χ4v) is 3.71. The van der Waals surface area contributed by atoms with Crippen LogP contribution < -0.4 is 14.8 Å². The third-order valence-corrected chi connectivity index (χ3v) is 4.70. The minimum Gasteiger partial charge on any atom is -0.454 e. The van der Waals surface area contributed by atoms with Gasteiger partial charge in [0, 0.05) is 17.9 Å². The van der Waals surface area contributed by atoms with Crippen LogP contribution in [0.4, 0.5) is 0 Å². The molecule has 1 amide bonds. The second-order valence-corrected chi connectivity index (χ2v) is 5.76. The first-order chi connectivity index (χ1) is 9.72. The van der Waals surface area contributed by atoms with Crippen LogP contribution in [0.3, 0.4) is 0 Å². The second kappa shape index (κ2) is 3.45. The van der Waals surface area contributed by atoms with Crippen LogP contribution in [-0.4, -0.2) is 42.2 Å². The Bertz CT molecular complexity index is 630. The standard InChI is InChI=1S/C14H13NO5/c16-7-3-10-13(20-10)11-5-1-8-9(19-4-18-8)2-6(5)14(17)15-12(7)11/h1-2,7,10-13,16H,3-4H2,(H,15,17)/t7-,10+,11-,12-,13+/m1/s1. The lowest BCUT2D eigenvalue weighted by molar-refractivity contribution is 0.0667. The highest BCUT2D eigenvalue weighted by Gasteiger charge is 2.58. The zero-order valence-electron chi connectivity index (χ0n) is 10.5. The molecule has 5 atom stereocenters. The van der Waals surface area contributed by atoms with Crippen LogP contribution >= 0.6 is 0 Å². The first-order valence-corrected chi connectivity index (χ1v) is 6.80. The van der Waals surface area contributed by atoms with Gasteiger partial charge in [0.15, 0.2) is 11.5 Å². The van der Waals surface area contributed by atoms with Crippen molar-refractivity contribution in [3.63, 3.8) is 0 Å². The van der Waals surface area contributed by atoms with Crippen molar-refractivity contribution in [3.8, 4) is 11.5 Å². The third kappa shape index (κ3) is 1.28. The first kappa shape index (κ1) is 10.9. The maximum absolute atomic E-state index is 12.2. The number of aliphatic hydroxyl groups excluding tert-OH is 1. The van der Waals surface area contributed by atoms with Crippen LogP contribution in [0.25, 0.3) is 0 Å². The van der Waals surface area contributed by atoms with Gasteiger partial charge in [-0.3, -0.25) is 4.79 Å². The number of carbonyl (C=O) groups excluding carboxylic acids is 1. The summed E-state index contributed by atoms with van der Waals surface area (Å²) in [6.07, 6.45) is 0.223. The molecule has 0 aromatic heterocycles. The van der Waals surface area contributed by atoms with E-state index in [1.165, 1.54) is 0 Å². The summed E-state index contributed by atoms with van der Waals surface area (Å²) < 4.78 is 16.4. The third-order valence-electron chi connectivity index (χ3n) is 4.70. The molecule has 2 fully saturated rings. The summed E-state index contributed by atoms with van der Waals surface area (Å²) in [5, 5.41) is 13.1. The Labute approximate surface area is 114 Å². The largest absolute Gasteiger partial charge is 0.454 e. The van der Waals surface area contributed by atoms with E-state index in [0.29, 0.717) is 23.5 Å². The van der Waals surface area contributed by atoms with Gasteiger partial charge in [-0.05, 0) is 17.7 Å². The number of carbonyl (C=O) groups is 1. The van der Waals surface area contributed by atoms with Gasteiger partial charge in [0.05, 0.1) is 24.4 Å². The van der Waals surface area contributed by atoms with Crippen LogP contribution in [0.1, 0.15) is 28.3 Å². The van der Waals surface area contributed by atoms with Crippen molar-refractivity contribution in [2.75, 3.05) is 6.79 Å². The molecule has 3 heterocycles. The molecule has 6 heteroatoms. The van der Waals surface area contributed by atoms with Crippen LogP contribution in [0.15, 0.2) is 12.1 Å². The maximum atomic E-state index is 12.2. The van der Waals surface area contributed by atoms with Gasteiger partial charge in [-0.15, -0.1) is 0 Å². The summed E-state index contributed by atoms with van der Waals surface area (Å²) in [6.45, 7) is 0.180. The SMILES string of the molecule is O=C1N[C@H]2[C@@H](c3cc4c(cc31)OCO4)[C@H]1O[C@H]1C[C@H]2O. The fourth-order valence-electron chi connectivity index (χ4n) is 3.71. The normalized spacial score (nSPS) is 39.5. The lowest BCUT2D eigenvalue weighted by Crippen LogP contribution is -2.55. The Kier molecular flexibility index (Phi) is 1.89. The van der Waals surface area contributed by atoms with Crippen LogP contribution in [0.2, 0.25) is 0 Å². The summed E-state index contributed by atoms with van der Waals surface area (Å²) in [7, 11) is 0. The molecule has 1 aromatic rings. The van der Waals surface area contributed by atoms with Gasteiger partial charge >= 0.3 is 0 Å². The number of hydrogen-bond donors (Lipinski definition) is 2. The highest BCUT2D eigenvalue weighted by atomic mass is 16.7. The van der Waals surface area contributed by atoms with Gasteiger partial charge in [0.25, 0.3) is 5.91 Å². The lowest BCUT2D eigenvalue weighted by Gasteiger charge is -2.38. The predicted octanol–water partition coefficient (Wildman–Crippen LogP) is 0.143. The molecule has 3 aliphatic heterocycles. The molecule has 1 aliphatic carbocycles. The number of rotatable bonds is 0. The molecule has 4 aliphatic rings. The topological polar surface area (TPSA) is 80.3 Å². The smallest absolute Gasteiger partial charge is 0.252 e. The molecule has 104 valence electrons. The molecule has 1 aromatic carbocycles. The Morgan fingerprint density at radius 1 is 1.25 bits per heavy atom. The van der Waals surface area contributed by atoms with Crippen molar-refractivity contribution in [2.24, 2.45) is 0 Å². The number of epoxide rings is 1. The quantitative estimate of drug-likeness (QED) is 0.658. The molecule has 0 unspecified atom stereocenters. The van der Waals surface area contributed by atoms with Crippen molar-refractivity contribution in [1.82, 2.24) is 5.32 Å². The maximum Gasteiger partial charge on any atom is 0.252 e. The van der Waals surface area contributed by atoms with E-state index in [1.54, 1.807) is 6.07 Å². The van der Waals surface area contributed by atoms with Crippen molar-refractivity contribution < 1.29 is 24.1 Å². The summed E-state index contributed by atoms with van der Waals surface area (Å²) in [6, 6.07) is 3.31. The number of amides is 1. The van der Waals surface area contributed by atoms with E-state index in [2.05, 4.69) is 5.32 Å². The Hall–Kier alpha value is -1.79. The molecule has 1 saturated carbocycles. The molecule has 5 rings (SSSR count). The molecule has 0 spiro atoms. The molecule has 6 nitrogen and oxygen atoms in total. The summed E-state index contributed by atoms with van der Waals surface area (Å²) >= 11 is 0. The van der Waals surface area contributed by atoms with Crippen molar-refractivity contribution in [3.05, 3.63) is 23.3 Å². The van der Waals surface area contributed by atoms with E-state index in [0.717, 1.165) is 5.56 Å². The van der Waals surface area contributed by atoms with Gasteiger partial charge in [0.2, 0.25) is 6.79 Å². The summed E-state index contributed by atoms with van der Waals surface area (Å²) in [4.78, 5) is 12.2. The van der Waals surface area contributed by atoms with Gasteiger partial charge in [-0.25, -0.2) is 0 Å². The average molecular weight is 275 g/mol. The Morgan fingerprint density at radius 2 is 2.05 bits per heavy atom. The Morgan fingerprint density at radius 3 is 2.90 bits per heavy atom. The van der Waals surface area contributed by atoms with Crippen molar-refractivity contribution >= 4 is 5.91 Å².